The van der Waals surface area contributed by atoms with Crippen molar-refractivity contribution in [3.05, 3.63) is 17.8 Å². The standard InChI is InChI=1S/C15H21N5O3/c1-9(2)23-15(22)20-10-3-4-11(20)8-19(7-10)14(21)12-5-6-13(16)18-17-12/h5-6,9-11H,3-4,7-8H2,1-2H3,(H2,16,18). The first-order valence-electron chi connectivity index (χ1n) is 7.83. The number of nitrogen functional groups attached to an aromatic ring is 1. The van der Waals surface area contributed by atoms with Crippen LogP contribution < -0.4 is 5.73 Å². The summed E-state index contributed by atoms with van der Waals surface area (Å²) >= 11 is 0. The van der Waals surface area contributed by atoms with Crippen LogP contribution in [0.2, 0.25) is 0 Å². The normalized spacial score (nSPS) is 23.3. The molecular formula is C15H21N5O3. The Morgan fingerprint density at radius 2 is 1.87 bits per heavy atom. The van der Waals surface area contributed by atoms with Gasteiger partial charge in [-0.1, -0.05) is 0 Å². The van der Waals surface area contributed by atoms with E-state index in [2.05, 4.69) is 10.2 Å². The number of ether oxygens (including phenoxy) is 1. The Morgan fingerprint density at radius 3 is 2.39 bits per heavy atom. The fourth-order valence-electron chi connectivity index (χ4n) is 3.25. The molecule has 8 heteroatoms. The van der Waals surface area contributed by atoms with Gasteiger partial charge in [0, 0.05) is 13.1 Å². The first-order valence-corrected chi connectivity index (χ1v) is 7.83. The van der Waals surface area contributed by atoms with E-state index in [4.69, 9.17) is 10.5 Å². The highest BCUT2D eigenvalue weighted by atomic mass is 16.6. The van der Waals surface area contributed by atoms with Gasteiger partial charge in [0.1, 0.15) is 5.82 Å². The number of nitrogens with zero attached hydrogens (tertiary/aromatic N) is 4. The molecule has 124 valence electrons. The zero-order chi connectivity index (χ0) is 16.6. The molecular weight excluding hydrogens is 298 g/mol. The van der Waals surface area contributed by atoms with Crippen LogP contribution in [0.4, 0.5) is 10.6 Å². The third-order valence-electron chi connectivity index (χ3n) is 4.22. The van der Waals surface area contributed by atoms with Crippen molar-refractivity contribution in [1.29, 1.82) is 0 Å². The lowest BCUT2D eigenvalue weighted by atomic mass is 10.2. The minimum Gasteiger partial charge on any atom is -0.447 e. The maximum atomic E-state index is 12.5. The molecule has 2 N–H and O–H groups in total. The number of amides is 2. The molecule has 2 aliphatic rings. The van der Waals surface area contributed by atoms with Crippen LogP contribution in [-0.2, 0) is 4.74 Å². The van der Waals surface area contributed by atoms with Crippen molar-refractivity contribution in [2.45, 2.75) is 44.9 Å². The van der Waals surface area contributed by atoms with Gasteiger partial charge >= 0.3 is 6.09 Å². The lowest BCUT2D eigenvalue weighted by Gasteiger charge is -2.40. The van der Waals surface area contributed by atoms with E-state index >= 15 is 0 Å². The highest BCUT2D eigenvalue weighted by molar-refractivity contribution is 5.92. The molecule has 23 heavy (non-hydrogen) atoms. The predicted octanol–water partition coefficient (Wildman–Crippen LogP) is 0.893. The van der Waals surface area contributed by atoms with Crippen LogP contribution in [0, 0.1) is 0 Å². The Morgan fingerprint density at radius 1 is 1.22 bits per heavy atom. The van der Waals surface area contributed by atoms with E-state index in [1.807, 2.05) is 13.8 Å². The molecule has 2 fully saturated rings. The van der Waals surface area contributed by atoms with Crippen LogP contribution in [0.15, 0.2) is 12.1 Å². The summed E-state index contributed by atoms with van der Waals surface area (Å²) in [6, 6.07) is 3.15. The number of carbonyl (C=O) groups excluding carboxylic acids is 2. The Bertz CT molecular complexity index is 590. The zero-order valence-corrected chi connectivity index (χ0v) is 13.3. The van der Waals surface area contributed by atoms with Crippen LogP contribution >= 0.6 is 0 Å². The predicted molar refractivity (Wildman–Crippen MR) is 82.6 cm³/mol. The molecule has 1 aromatic heterocycles. The summed E-state index contributed by atoms with van der Waals surface area (Å²) in [7, 11) is 0. The van der Waals surface area contributed by atoms with E-state index < -0.39 is 0 Å². The second kappa shape index (κ2) is 6.02. The fraction of sp³-hybridized carbons (Fsp3) is 0.600. The lowest BCUT2D eigenvalue weighted by Crippen LogP contribution is -2.57. The molecule has 8 nitrogen and oxygen atoms in total. The summed E-state index contributed by atoms with van der Waals surface area (Å²) < 4.78 is 5.31. The molecule has 3 heterocycles. The molecule has 1 aromatic rings. The average molecular weight is 319 g/mol. The van der Waals surface area contributed by atoms with Crippen LogP contribution in [0.5, 0.6) is 0 Å². The molecule has 3 rings (SSSR count). The van der Waals surface area contributed by atoms with Gasteiger partial charge < -0.3 is 15.4 Å². The number of fused-ring (bicyclic) bond motifs is 2. The van der Waals surface area contributed by atoms with E-state index in [9.17, 15) is 9.59 Å². The van der Waals surface area contributed by atoms with Gasteiger partial charge in [0.15, 0.2) is 5.69 Å². The molecule has 2 amide bonds. The first-order chi connectivity index (χ1) is 11.0. The highest BCUT2D eigenvalue weighted by Gasteiger charge is 2.45. The maximum Gasteiger partial charge on any atom is 0.410 e. The third-order valence-corrected chi connectivity index (χ3v) is 4.22. The number of aromatic nitrogens is 2. The smallest absolute Gasteiger partial charge is 0.410 e. The number of anilines is 1. The van der Waals surface area contributed by atoms with E-state index in [1.54, 1.807) is 21.9 Å². The fourth-order valence-corrected chi connectivity index (χ4v) is 3.25. The Hall–Kier alpha value is -2.38. The molecule has 2 bridgehead atoms. The average Bonchev–Trinajstić information content (AvgIpc) is 2.77. The minimum absolute atomic E-state index is 0.00527. The van der Waals surface area contributed by atoms with Gasteiger partial charge in [0.25, 0.3) is 5.91 Å². The van der Waals surface area contributed by atoms with Gasteiger partial charge in [-0.2, -0.15) is 0 Å². The monoisotopic (exact) mass is 319 g/mol. The SMILES string of the molecule is CC(C)OC(=O)N1C2CCC1CN(C(=O)c1ccc(N)nn1)C2. The molecule has 0 radical (unpaired) electrons. The topological polar surface area (TPSA) is 102 Å². The number of hydrogen-bond acceptors (Lipinski definition) is 6. The molecule has 0 aromatic carbocycles. The molecule has 0 saturated carbocycles. The van der Waals surface area contributed by atoms with Gasteiger partial charge in [0.05, 0.1) is 18.2 Å². The number of nitrogens with two attached hydrogens (primary N) is 1. The van der Waals surface area contributed by atoms with Crippen molar-refractivity contribution < 1.29 is 14.3 Å². The van der Waals surface area contributed by atoms with E-state index in [0.717, 1.165) is 12.8 Å². The van der Waals surface area contributed by atoms with Crippen LogP contribution in [0.25, 0.3) is 0 Å². The van der Waals surface area contributed by atoms with Crippen molar-refractivity contribution in [2.75, 3.05) is 18.8 Å². The van der Waals surface area contributed by atoms with Crippen LogP contribution in [0.3, 0.4) is 0 Å². The zero-order valence-electron chi connectivity index (χ0n) is 13.3. The second-order valence-electron chi connectivity index (χ2n) is 6.28. The van der Waals surface area contributed by atoms with Gasteiger partial charge in [-0.25, -0.2) is 4.79 Å². The third kappa shape index (κ3) is 3.06. The molecule has 2 saturated heterocycles. The summed E-state index contributed by atoms with van der Waals surface area (Å²) in [6.45, 7) is 4.65. The summed E-state index contributed by atoms with van der Waals surface area (Å²) in [5, 5.41) is 7.57. The van der Waals surface area contributed by atoms with Crippen LogP contribution in [0.1, 0.15) is 37.2 Å². The van der Waals surface area contributed by atoms with Crippen molar-refractivity contribution in [1.82, 2.24) is 20.0 Å². The lowest BCUT2D eigenvalue weighted by molar-refractivity contribution is 0.0247. The largest absolute Gasteiger partial charge is 0.447 e. The van der Waals surface area contributed by atoms with E-state index in [-0.39, 0.29) is 41.7 Å². The van der Waals surface area contributed by atoms with Crippen LogP contribution in [-0.4, -0.2) is 63.3 Å². The van der Waals surface area contributed by atoms with Crippen molar-refractivity contribution in [2.24, 2.45) is 0 Å². The number of hydrogen-bond donors (Lipinski definition) is 1. The van der Waals surface area contributed by atoms with E-state index in [1.165, 1.54) is 0 Å². The van der Waals surface area contributed by atoms with Crippen molar-refractivity contribution >= 4 is 17.8 Å². The number of carbonyl (C=O) groups is 2. The molecule has 0 spiro atoms. The first kappa shape index (κ1) is 15.5. The maximum absolute atomic E-state index is 12.5. The number of rotatable bonds is 2. The Balaban J connectivity index is 1.70. The highest BCUT2D eigenvalue weighted by Crippen LogP contribution is 2.31. The molecule has 2 unspecified atom stereocenters. The summed E-state index contributed by atoms with van der Waals surface area (Å²) in [5.41, 5.74) is 5.77. The second-order valence-corrected chi connectivity index (χ2v) is 6.28. The number of likely N-dealkylation sites (tertiary alicyclic amines) is 1. The Kier molecular flexibility index (Phi) is 4.06. The van der Waals surface area contributed by atoms with Gasteiger partial charge in [0.2, 0.25) is 0 Å². The Labute approximate surface area is 134 Å². The van der Waals surface area contributed by atoms with Crippen molar-refractivity contribution in [3.8, 4) is 0 Å². The summed E-state index contributed by atoms with van der Waals surface area (Å²) in [4.78, 5) is 28.3. The van der Waals surface area contributed by atoms with E-state index in [0.29, 0.717) is 13.1 Å². The van der Waals surface area contributed by atoms with Gasteiger partial charge in [-0.05, 0) is 38.8 Å². The van der Waals surface area contributed by atoms with Gasteiger partial charge in [-0.3, -0.25) is 9.69 Å². The summed E-state index contributed by atoms with van der Waals surface area (Å²) in [6.07, 6.45) is 1.34. The number of piperazine rings is 1. The van der Waals surface area contributed by atoms with Gasteiger partial charge in [-0.15, -0.1) is 10.2 Å². The summed E-state index contributed by atoms with van der Waals surface area (Å²) in [5.74, 6) is 0.106. The molecule has 2 atom stereocenters. The van der Waals surface area contributed by atoms with Crippen molar-refractivity contribution in [3.63, 3.8) is 0 Å². The molecule has 0 aliphatic carbocycles. The minimum atomic E-state index is -0.285. The quantitative estimate of drug-likeness (QED) is 0.868. The molecule has 2 aliphatic heterocycles.